The second-order valence-corrected chi connectivity index (χ2v) is 4.41. The van der Waals surface area contributed by atoms with E-state index in [-0.39, 0.29) is 17.3 Å². The summed E-state index contributed by atoms with van der Waals surface area (Å²) >= 11 is 5.91. The summed E-state index contributed by atoms with van der Waals surface area (Å²) in [5.74, 6) is 0. The molecule has 0 unspecified atom stereocenters. The van der Waals surface area contributed by atoms with E-state index in [1.54, 1.807) is 6.07 Å². The van der Waals surface area contributed by atoms with Crippen LogP contribution in [-0.4, -0.2) is 29.7 Å². The third-order valence-electron chi connectivity index (χ3n) is 2.77. The number of nitro groups is 1. The smallest absolute Gasteiger partial charge is 0.288 e. The molecule has 100 valence electrons. The number of aliphatic hydroxyl groups is 1. The van der Waals surface area contributed by atoms with E-state index in [4.69, 9.17) is 16.7 Å². The molecule has 0 saturated heterocycles. The summed E-state index contributed by atoms with van der Waals surface area (Å²) < 4.78 is 0. The molecule has 6 heteroatoms. The molecule has 1 aromatic carbocycles. The molecular weight excluding hydrogens is 256 g/mol. The molecule has 1 aromatic rings. The number of aliphatic hydroxyl groups excluding tert-OH is 1. The highest BCUT2D eigenvalue weighted by Crippen LogP contribution is 2.32. The van der Waals surface area contributed by atoms with Crippen LogP contribution in [0.25, 0.3) is 0 Å². The first-order valence-electron chi connectivity index (χ1n) is 5.81. The predicted octanol–water partition coefficient (Wildman–Crippen LogP) is 2.77. The number of hydrogen-bond acceptors (Lipinski definition) is 4. The van der Waals surface area contributed by atoms with Crippen molar-refractivity contribution in [3.05, 3.63) is 32.8 Å². The summed E-state index contributed by atoms with van der Waals surface area (Å²) in [5.41, 5.74) is 1.61. The maximum Gasteiger partial charge on any atom is 0.288 e. The Labute approximate surface area is 111 Å². The van der Waals surface area contributed by atoms with Crippen molar-refractivity contribution in [3.8, 4) is 0 Å². The van der Waals surface area contributed by atoms with Gasteiger partial charge in [-0.2, -0.15) is 0 Å². The van der Waals surface area contributed by atoms with Crippen LogP contribution in [0.4, 0.5) is 11.4 Å². The second-order valence-electron chi connectivity index (χ2n) is 4.00. The summed E-state index contributed by atoms with van der Waals surface area (Å²) in [7, 11) is 0. The Kier molecular flexibility index (Phi) is 5.37. The Morgan fingerprint density at radius 1 is 1.50 bits per heavy atom. The van der Waals surface area contributed by atoms with Gasteiger partial charge in [0.25, 0.3) is 5.69 Å². The first-order chi connectivity index (χ1) is 8.51. The lowest BCUT2D eigenvalue weighted by Crippen LogP contribution is -2.25. The van der Waals surface area contributed by atoms with Crippen molar-refractivity contribution in [2.45, 2.75) is 20.3 Å². The van der Waals surface area contributed by atoms with Crippen molar-refractivity contribution in [1.82, 2.24) is 0 Å². The zero-order valence-corrected chi connectivity index (χ0v) is 11.3. The Morgan fingerprint density at radius 3 is 2.67 bits per heavy atom. The van der Waals surface area contributed by atoms with Gasteiger partial charge in [-0.25, -0.2) is 0 Å². The maximum absolute atomic E-state index is 10.8. The van der Waals surface area contributed by atoms with Gasteiger partial charge in [0, 0.05) is 31.5 Å². The van der Waals surface area contributed by atoms with E-state index in [9.17, 15) is 10.1 Å². The lowest BCUT2D eigenvalue weighted by molar-refractivity contribution is -0.384. The molecule has 1 N–H and O–H groups in total. The van der Waals surface area contributed by atoms with Gasteiger partial charge in [-0.3, -0.25) is 10.1 Å². The second kappa shape index (κ2) is 6.56. The van der Waals surface area contributed by atoms with E-state index >= 15 is 0 Å². The first-order valence-corrected chi connectivity index (χ1v) is 6.19. The van der Waals surface area contributed by atoms with E-state index in [1.165, 1.54) is 6.07 Å². The zero-order valence-electron chi connectivity index (χ0n) is 10.5. The monoisotopic (exact) mass is 272 g/mol. The van der Waals surface area contributed by atoms with Crippen LogP contribution < -0.4 is 4.90 Å². The van der Waals surface area contributed by atoms with Crippen LogP contribution in [0.3, 0.4) is 0 Å². The van der Waals surface area contributed by atoms with Crippen LogP contribution in [0, 0.1) is 17.0 Å². The number of hydrogen-bond donors (Lipinski definition) is 1. The topological polar surface area (TPSA) is 66.6 Å². The Bertz CT molecular complexity index is 438. The van der Waals surface area contributed by atoms with E-state index in [2.05, 4.69) is 0 Å². The van der Waals surface area contributed by atoms with Gasteiger partial charge in [-0.15, -0.1) is 0 Å². The van der Waals surface area contributed by atoms with Gasteiger partial charge in [-0.05, 0) is 31.9 Å². The minimum Gasteiger partial charge on any atom is -0.396 e. The predicted molar refractivity (Wildman–Crippen MR) is 72.4 cm³/mol. The van der Waals surface area contributed by atoms with Crippen molar-refractivity contribution < 1.29 is 10.0 Å². The highest BCUT2D eigenvalue weighted by Gasteiger charge is 2.17. The highest BCUT2D eigenvalue weighted by molar-refractivity contribution is 6.33. The van der Waals surface area contributed by atoms with Crippen LogP contribution >= 0.6 is 11.6 Å². The molecule has 0 radical (unpaired) electrons. The Balaban J connectivity index is 3.08. The van der Waals surface area contributed by atoms with Crippen molar-refractivity contribution in [3.63, 3.8) is 0 Å². The van der Waals surface area contributed by atoms with Gasteiger partial charge in [-0.1, -0.05) is 11.6 Å². The summed E-state index contributed by atoms with van der Waals surface area (Å²) in [6, 6.07) is 3.11. The van der Waals surface area contributed by atoms with Gasteiger partial charge in [0.05, 0.1) is 4.92 Å². The summed E-state index contributed by atoms with van der Waals surface area (Å²) in [6.07, 6.45) is 0.655. The molecule has 0 aliphatic rings. The first kappa shape index (κ1) is 14.7. The van der Waals surface area contributed by atoms with Gasteiger partial charge in [0.15, 0.2) is 0 Å². The zero-order chi connectivity index (χ0) is 13.7. The van der Waals surface area contributed by atoms with Gasteiger partial charge in [0.1, 0.15) is 5.02 Å². The molecule has 0 amide bonds. The quantitative estimate of drug-likeness (QED) is 0.639. The number of rotatable bonds is 6. The van der Waals surface area contributed by atoms with Gasteiger partial charge < -0.3 is 10.0 Å². The van der Waals surface area contributed by atoms with E-state index < -0.39 is 4.92 Å². The number of nitro benzene ring substituents is 1. The third-order valence-corrected chi connectivity index (χ3v) is 3.07. The standard InChI is InChI=1S/C12H17ClN2O3/c1-3-14(5-4-6-16)11-8-10(13)12(15(17)18)7-9(11)2/h7-8,16H,3-6H2,1-2H3. The molecule has 5 nitrogen and oxygen atoms in total. The molecule has 0 saturated carbocycles. The molecule has 0 fully saturated rings. The Hall–Kier alpha value is -1.33. The SMILES string of the molecule is CCN(CCCO)c1cc(Cl)c([N+](=O)[O-])cc1C. The van der Waals surface area contributed by atoms with Crippen LogP contribution in [0.5, 0.6) is 0 Å². The summed E-state index contributed by atoms with van der Waals surface area (Å²) in [5, 5.41) is 19.8. The number of halogens is 1. The minimum atomic E-state index is -0.483. The van der Waals surface area contributed by atoms with Crippen molar-refractivity contribution in [2.24, 2.45) is 0 Å². The largest absolute Gasteiger partial charge is 0.396 e. The van der Waals surface area contributed by atoms with Crippen molar-refractivity contribution >= 4 is 23.0 Å². The molecule has 0 aromatic heterocycles. The van der Waals surface area contributed by atoms with Crippen LogP contribution in [0.1, 0.15) is 18.9 Å². The van der Waals surface area contributed by atoms with E-state index in [0.717, 1.165) is 17.8 Å². The van der Waals surface area contributed by atoms with Crippen molar-refractivity contribution in [2.75, 3.05) is 24.6 Å². The molecule has 0 aliphatic carbocycles. The van der Waals surface area contributed by atoms with Gasteiger partial charge >= 0.3 is 0 Å². The third kappa shape index (κ3) is 3.34. The molecular formula is C12H17ClN2O3. The van der Waals surface area contributed by atoms with Crippen LogP contribution in [-0.2, 0) is 0 Å². The number of aryl methyl sites for hydroxylation is 1. The summed E-state index contributed by atoms with van der Waals surface area (Å²) in [6.45, 7) is 5.39. The van der Waals surface area contributed by atoms with Crippen LogP contribution in [0.2, 0.25) is 5.02 Å². The number of benzene rings is 1. The molecule has 0 heterocycles. The molecule has 0 aliphatic heterocycles. The average molecular weight is 273 g/mol. The molecule has 0 spiro atoms. The van der Waals surface area contributed by atoms with E-state index in [1.807, 2.05) is 18.7 Å². The fourth-order valence-corrected chi connectivity index (χ4v) is 2.07. The van der Waals surface area contributed by atoms with Crippen molar-refractivity contribution in [1.29, 1.82) is 0 Å². The molecule has 0 atom stereocenters. The fraction of sp³-hybridized carbons (Fsp3) is 0.500. The fourth-order valence-electron chi connectivity index (χ4n) is 1.85. The van der Waals surface area contributed by atoms with Gasteiger partial charge in [0.2, 0.25) is 0 Å². The molecule has 18 heavy (non-hydrogen) atoms. The minimum absolute atomic E-state index is 0.0730. The lowest BCUT2D eigenvalue weighted by atomic mass is 10.1. The van der Waals surface area contributed by atoms with E-state index in [0.29, 0.717) is 13.0 Å². The number of anilines is 1. The normalized spacial score (nSPS) is 10.4. The summed E-state index contributed by atoms with van der Waals surface area (Å²) in [4.78, 5) is 12.3. The lowest BCUT2D eigenvalue weighted by Gasteiger charge is -2.24. The number of nitrogens with zero attached hydrogens (tertiary/aromatic N) is 2. The molecule has 0 bridgehead atoms. The maximum atomic E-state index is 10.8. The molecule has 1 rings (SSSR count). The average Bonchev–Trinajstić information content (AvgIpc) is 2.33. The van der Waals surface area contributed by atoms with Crippen LogP contribution in [0.15, 0.2) is 12.1 Å². The highest BCUT2D eigenvalue weighted by atomic mass is 35.5. The Morgan fingerprint density at radius 2 is 2.17 bits per heavy atom.